The van der Waals surface area contributed by atoms with Gasteiger partial charge in [-0.1, -0.05) is 35.5 Å². The molecule has 0 spiro atoms. The van der Waals surface area contributed by atoms with Gasteiger partial charge in [0, 0.05) is 17.7 Å². The lowest BCUT2D eigenvalue weighted by molar-refractivity contribution is 0.0692. The number of benzene rings is 2. The third-order valence-corrected chi connectivity index (χ3v) is 4.36. The highest BCUT2D eigenvalue weighted by atomic mass is 16.5. The van der Waals surface area contributed by atoms with Gasteiger partial charge in [-0.25, -0.2) is 5.48 Å². The zero-order valence-electron chi connectivity index (χ0n) is 17.0. The maximum atomic E-state index is 12.4. The molecule has 162 valence electrons. The molecule has 0 aliphatic heterocycles. The summed E-state index contributed by atoms with van der Waals surface area (Å²) in [7, 11) is 0. The Morgan fingerprint density at radius 1 is 1.03 bits per heavy atom. The summed E-state index contributed by atoms with van der Waals surface area (Å²) >= 11 is 0. The van der Waals surface area contributed by atoms with Crippen LogP contribution in [0.3, 0.4) is 0 Å². The zero-order valence-corrected chi connectivity index (χ0v) is 17.0. The molecule has 3 N–H and O–H groups in total. The minimum Gasteiger partial charge on any atom is -0.493 e. The molecule has 0 aliphatic carbocycles. The second-order valence-electron chi connectivity index (χ2n) is 6.43. The van der Waals surface area contributed by atoms with Crippen molar-refractivity contribution in [3.63, 3.8) is 0 Å². The summed E-state index contributed by atoms with van der Waals surface area (Å²) in [5.41, 5.74) is 3.78. The van der Waals surface area contributed by atoms with Crippen molar-refractivity contribution in [3.8, 4) is 22.6 Å². The van der Waals surface area contributed by atoms with Crippen LogP contribution in [-0.2, 0) is 0 Å². The first kappa shape index (κ1) is 21.8. The van der Waals surface area contributed by atoms with Crippen molar-refractivity contribution in [2.24, 2.45) is 0 Å². The summed E-state index contributed by atoms with van der Waals surface area (Å²) in [6.07, 6.45) is 1.66. The van der Waals surface area contributed by atoms with Gasteiger partial charge in [0.05, 0.1) is 13.2 Å². The van der Waals surface area contributed by atoms with Crippen LogP contribution in [0.1, 0.15) is 34.2 Å². The number of carbonyl (C=O) groups excluding carboxylic acids is 2. The molecule has 0 atom stereocenters. The molecule has 0 bridgehead atoms. The Labute approximate surface area is 178 Å². The maximum Gasteiger partial charge on any atom is 0.300 e. The van der Waals surface area contributed by atoms with E-state index in [1.165, 1.54) is 5.48 Å². The summed E-state index contributed by atoms with van der Waals surface area (Å²) in [4.78, 5) is 23.7. The fraction of sp³-hybridized carbons (Fsp3) is 0.227. The minimum atomic E-state index is -0.829. The summed E-state index contributed by atoms with van der Waals surface area (Å²) in [5.74, 6) is -0.116. The Morgan fingerprint density at radius 2 is 1.81 bits per heavy atom. The van der Waals surface area contributed by atoms with E-state index >= 15 is 0 Å². The van der Waals surface area contributed by atoms with E-state index in [-0.39, 0.29) is 24.0 Å². The maximum absolute atomic E-state index is 12.4. The summed E-state index contributed by atoms with van der Waals surface area (Å²) in [6, 6.07) is 15.1. The average molecular weight is 425 g/mol. The molecule has 1 heterocycles. The van der Waals surface area contributed by atoms with Gasteiger partial charge in [0.2, 0.25) is 5.69 Å². The van der Waals surface area contributed by atoms with E-state index in [9.17, 15) is 9.59 Å². The topological polar surface area (TPSA) is 123 Å². The lowest BCUT2D eigenvalue weighted by Crippen LogP contribution is -2.25. The molecule has 3 rings (SSSR count). The Bertz CT molecular complexity index is 1020. The van der Waals surface area contributed by atoms with Crippen LogP contribution in [0.25, 0.3) is 11.1 Å². The number of hydrogen-bond acceptors (Lipinski definition) is 7. The number of aromatic nitrogens is 1. The van der Waals surface area contributed by atoms with Crippen LogP contribution in [0.2, 0.25) is 0 Å². The molecule has 0 saturated carbocycles. The highest BCUT2D eigenvalue weighted by Gasteiger charge is 2.17. The normalized spacial score (nSPS) is 10.4. The van der Waals surface area contributed by atoms with Gasteiger partial charge in [-0.2, -0.15) is 0 Å². The van der Waals surface area contributed by atoms with Crippen molar-refractivity contribution in [1.82, 2.24) is 16.0 Å². The van der Waals surface area contributed by atoms with Crippen molar-refractivity contribution in [2.75, 3.05) is 19.8 Å². The predicted molar refractivity (Wildman–Crippen MR) is 111 cm³/mol. The van der Waals surface area contributed by atoms with Crippen LogP contribution in [0.5, 0.6) is 11.5 Å². The van der Waals surface area contributed by atoms with E-state index in [0.717, 1.165) is 23.1 Å². The van der Waals surface area contributed by atoms with Gasteiger partial charge in [0.1, 0.15) is 5.75 Å². The molecule has 31 heavy (non-hydrogen) atoms. The van der Waals surface area contributed by atoms with Gasteiger partial charge in [0.15, 0.2) is 12.0 Å². The molecule has 0 fully saturated rings. The van der Waals surface area contributed by atoms with E-state index in [1.807, 2.05) is 43.3 Å². The molecular formula is C22H23N3O6. The van der Waals surface area contributed by atoms with Gasteiger partial charge in [-0.05, 0) is 37.1 Å². The lowest BCUT2D eigenvalue weighted by atomic mass is 10.0. The van der Waals surface area contributed by atoms with Gasteiger partial charge in [0.25, 0.3) is 5.91 Å². The van der Waals surface area contributed by atoms with Gasteiger partial charge in [-0.3, -0.25) is 14.8 Å². The van der Waals surface area contributed by atoms with E-state index < -0.39 is 5.91 Å². The van der Waals surface area contributed by atoms with Crippen LogP contribution in [0.4, 0.5) is 0 Å². The standard InChI is InChI=1S/C22H23N3O6/c1-2-29-18-7-4-3-6-17(18)15-8-10-16(11-9-15)21(26)23-12-5-13-30-19-14-31-25-20(19)22(27)24-28/h3-4,6-11,14,28H,2,5,12-13H2,1H3,(H,23,26)(H,24,27). The third kappa shape index (κ3) is 5.61. The molecule has 2 aromatic carbocycles. The number of hydroxylamine groups is 1. The molecule has 9 heteroatoms. The minimum absolute atomic E-state index is 0.112. The SMILES string of the molecule is CCOc1ccccc1-c1ccc(C(=O)NCCCOc2conc2C(=O)NO)cc1. The Kier molecular flexibility index (Phi) is 7.61. The van der Waals surface area contributed by atoms with E-state index in [4.69, 9.17) is 14.7 Å². The first-order valence-electron chi connectivity index (χ1n) is 9.76. The number of ether oxygens (including phenoxy) is 2. The number of nitrogens with zero attached hydrogens (tertiary/aromatic N) is 1. The second-order valence-corrected chi connectivity index (χ2v) is 6.43. The van der Waals surface area contributed by atoms with Crippen molar-refractivity contribution in [3.05, 3.63) is 66.1 Å². The number of rotatable bonds is 10. The highest BCUT2D eigenvalue weighted by molar-refractivity contribution is 5.95. The summed E-state index contributed by atoms with van der Waals surface area (Å²) < 4.78 is 15.7. The number of hydrogen-bond donors (Lipinski definition) is 3. The number of nitrogens with one attached hydrogen (secondary N) is 2. The molecule has 1 aromatic heterocycles. The largest absolute Gasteiger partial charge is 0.493 e. The van der Waals surface area contributed by atoms with Gasteiger partial charge >= 0.3 is 5.91 Å². The summed E-state index contributed by atoms with van der Waals surface area (Å²) in [6.45, 7) is 3.11. The van der Waals surface area contributed by atoms with Crippen molar-refractivity contribution < 1.29 is 28.8 Å². The van der Waals surface area contributed by atoms with E-state index in [2.05, 4.69) is 15.0 Å². The molecule has 0 aliphatic rings. The first-order valence-corrected chi connectivity index (χ1v) is 9.76. The Morgan fingerprint density at radius 3 is 2.55 bits per heavy atom. The quantitative estimate of drug-likeness (QED) is 0.259. The molecule has 3 aromatic rings. The van der Waals surface area contributed by atoms with Gasteiger partial charge in [-0.15, -0.1) is 0 Å². The molecule has 0 unspecified atom stereocenters. The van der Waals surface area contributed by atoms with Crippen molar-refractivity contribution in [1.29, 1.82) is 0 Å². The van der Waals surface area contributed by atoms with Crippen LogP contribution < -0.4 is 20.3 Å². The fourth-order valence-electron chi connectivity index (χ4n) is 2.88. The van der Waals surface area contributed by atoms with E-state index in [0.29, 0.717) is 25.1 Å². The van der Waals surface area contributed by atoms with Crippen LogP contribution >= 0.6 is 0 Å². The first-order chi connectivity index (χ1) is 15.1. The molecular weight excluding hydrogens is 402 g/mol. The number of carbonyl (C=O) groups is 2. The average Bonchev–Trinajstić information content (AvgIpc) is 3.27. The molecule has 0 radical (unpaired) electrons. The number of amides is 2. The molecule has 2 amide bonds. The van der Waals surface area contributed by atoms with Crippen LogP contribution in [0, 0.1) is 0 Å². The predicted octanol–water partition coefficient (Wildman–Crippen LogP) is 3.06. The zero-order chi connectivity index (χ0) is 22.1. The monoisotopic (exact) mass is 425 g/mol. The second kappa shape index (κ2) is 10.8. The lowest BCUT2D eigenvalue weighted by Gasteiger charge is -2.11. The van der Waals surface area contributed by atoms with Gasteiger partial charge < -0.3 is 19.3 Å². The van der Waals surface area contributed by atoms with Crippen molar-refractivity contribution >= 4 is 11.8 Å². The van der Waals surface area contributed by atoms with Crippen LogP contribution in [0.15, 0.2) is 59.3 Å². The summed E-state index contributed by atoms with van der Waals surface area (Å²) in [5, 5.41) is 14.9. The van der Waals surface area contributed by atoms with E-state index in [1.54, 1.807) is 12.1 Å². The smallest absolute Gasteiger partial charge is 0.300 e. The van der Waals surface area contributed by atoms with Crippen molar-refractivity contribution in [2.45, 2.75) is 13.3 Å². The Hall–Kier alpha value is -3.85. The molecule has 0 saturated heterocycles. The fourth-order valence-corrected chi connectivity index (χ4v) is 2.88. The third-order valence-electron chi connectivity index (χ3n) is 4.36. The Balaban J connectivity index is 1.48. The van der Waals surface area contributed by atoms with Crippen LogP contribution in [-0.4, -0.2) is 41.9 Å². The highest BCUT2D eigenvalue weighted by Crippen LogP contribution is 2.29. The molecule has 9 nitrogen and oxygen atoms in total. The number of para-hydroxylation sites is 1.